The van der Waals surface area contributed by atoms with Gasteiger partial charge in [-0.2, -0.15) is 0 Å². The molecule has 1 heterocycles. The Morgan fingerprint density at radius 1 is 1.40 bits per heavy atom. The zero-order valence-electron chi connectivity index (χ0n) is 11.9. The van der Waals surface area contributed by atoms with Gasteiger partial charge in [0.1, 0.15) is 12.4 Å². The predicted octanol–water partition coefficient (Wildman–Crippen LogP) is 1.95. The van der Waals surface area contributed by atoms with Crippen molar-refractivity contribution in [1.82, 2.24) is 15.2 Å². The molecule has 1 aromatic rings. The third-order valence-corrected chi connectivity index (χ3v) is 3.90. The van der Waals surface area contributed by atoms with E-state index in [-0.39, 0.29) is 5.82 Å². The van der Waals surface area contributed by atoms with E-state index in [0.29, 0.717) is 25.1 Å². The first kappa shape index (κ1) is 13.8. The summed E-state index contributed by atoms with van der Waals surface area (Å²) in [4.78, 5) is 6.39. The van der Waals surface area contributed by atoms with Gasteiger partial charge in [0.25, 0.3) is 0 Å². The van der Waals surface area contributed by atoms with Crippen molar-refractivity contribution in [2.75, 3.05) is 20.2 Å². The Hall–Kier alpha value is -1.20. The molecule has 0 saturated heterocycles. The highest BCUT2D eigenvalue weighted by molar-refractivity contribution is 5.26. The highest BCUT2D eigenvalue weighted by Crippen LogP contribution is 2.25. The standard InChI is InChI=1S/C15H22FN3O/c1-19(14-4-5-14)6-7-20-15-11(8-12(16)10-18-15)9-17-13-2-3-13/h8,10,13-14,17H,2-7,9H2,1H3. The molecular weight excluding hydrogens is 257 g/mol. The summed E-state index contributed by atoms with van der Waals surface area (Å²) in [5, 5.41) is 3.37. The Labute approximate surface area is 119 Å². The lowest BCUT2D eigenvalue weighted by Gasteiger charge is -2.16. The molecule has 0 aliphatic heterocycles. The second kappa shape index (κ2) is 6.06. The molecule has 0 aromatic carbocycles. The highest BCUT2D eigenvalue weighted by atomic mass is 19.1. The average molecular weight is 279 g/mol. The molecular formula is C15H22FN3O. The maximum Gasteiger partial charge on any atom is 0.218 e. The van der Waals surface area contributed by atoms with E-state index in [2.05, 4.69) is 22.2 Å². The van der Waals surface area contributed by atoms with Crippen molar-refractivity contribution in [3.8, 4) is 5.88 Å². The molecule has 0 radical (unpaired) electrons. The number of likely N-dealkylation sites (N-methyl/N-ethyl adjacent to an activating group) is 1. The van der Waals surface area contributed by atoms with Gasteiger partial charge in [-0.05, 0) is 38.8 Å². The van der Waals surface area contributed by atoms with Gasteiger partial charge < -0.3 is 15.0 Å². The Balaban J connectivity index is 1.52. The van der Waals surface area contributed by atoms with Crippen LogP contribution in [0.1, 0.15) is 31.2 Å². The van der Waals surface area contributed by atoms with Gasteiger partial charge in [0.2, 0.25) is 5.88 Å². The Bertz CT molecular complexity index is 460. The molecule has 5 heteroatoms. The molecule has 0 spiro atoms. The van der Waals surface area contributed by atoms with Crippen LogP contribution in [0.25, 0.3) is 0 Å². The Morgan fingerprint density at radius 2 is 2.20 bits per heavy atom. The van der Waals surface area contributed by atoms with Crippen molar-refractivity contribution in [3.63, 3.8) is 0 Å². The van der Waals surface area contributed by atoms with Crippen molar-refractivity contribution in [2.24, 2.45) is 0 Å². The lowest BCUT2D eigenvalue weighted by molar-refractivity contribution is 0.224. The van der Waals surface area contributed by atoms with E-state index in [1.165, 1.54) is 37.9 Å². The van der Waals surface area contributed by atoms with E-state index >= 15 is 0 Å². The first-order chi connectivity index (χ1) is 9.72. The van der Waals surface area contributed by atoms with Crippen LogP contribution in [0, 0.1) is 5.82 Å². The molecule has 1 aromatic heterocycles. The summed E-state index contributed by atoms with van der Waals surface area (Å²) < 4.78 is 19.0. The molecule has 110 valence electrons. The minimum atomic E-state index is -0.306. The fourth-order valence-corrected chi connectivity index (χ4v) is 2.25. The number of hydrogen-bond donors (Lipinski definition) is 1. The van der Waals surface area contributed by atoms with Gasteiger partial charge in [-0.15, -0.1) is 0 Å². The smallest absolute Gasteiger partial charge is 0.218 e. The monoisotopic (exact) mass is 279 g/mol. The largest absolute Gasteiger partial charge is 0.476 e. The number of ether oxygens (including phenoxy) is 1. The Morgan fingerprint density at radius 3 is 2.90 bits per heavy atom. The van der Waals surface area contributed by atoms with Crippen molar-refractivity contribution >= 4 is 0 Å². The van der Waals surface area contributed by atoms with E-state index in [1.54, 1.807) is 0 Å². The van der Waals surface area contributed by atoms with Crippen LogP contribution in [0.2, 0.25) is 0 Å². The van der Waals surface area contributed by atoms with Crippen molar-refractivity contribution in [2.45, 2.75) is 44.3 Å². The fraction of sp³-hybridized carbons (Fsp3) is 0.667. The Kier molecular flexibility index (Phi) is 4.17. The molecule has 2 aliphatic rings. The molecule has 20 heavy (non-hydrogen) atoms. The quantitative estimate of drug-likeness (QED) is 0.789. The zero-order valence-corrected chi connectivity index (χ0v) is 11.9. The molecule has 2 saturated carbocycles. The predicted molar refractivity (Wildman–Crippen MR) is 75.2 cm³/mol. The second-order valence-corrected chi connectivity index (χ2v) is 5.83. The van der Waals surface area contributed by atoms with Crippen molar-refractivity contribution in [3.05, 3.63) is 23.6 Å². The first-order valence-corrected chi connectivity index (χ1v) is 7.43. The van der Waals surface area contributed by atoms with Crippen LogP contribution in [0.4, 0.5) is 4.39 Å². The molecule has 3 rings (SSSR count). The molecule has 0 amide bonds. The van der Waals surface area contributed by atoms with E-state index in [0.717, 1.165) is 18.2 Å². The second-order valence-electron chi connectivity index (χ2n) is 5.83. The van der Waals surface area contributed by atoms with Crippen LogP contribution >= 0.6 is 0 Å². The maximum atomic E-state index is 13.3. The number of rotatable bonds is 8. The van der Waals surface area contributed by atoms with Crippen LogP contribution in [-0.2, 0) is 6.54 Å². The summed E-state index contributed by atoms with van der Waals surface area (Å²) >= 11 is 0. The van der Waals surface area contributed by atoms with E-state index < -0.39 is 0 Å². The zero-order chi connectivity index (χ0) is 13.9. The van der Waals surface area contributed by atoms with Crippen LogP contribution in [-0.4, -0.2) is 42.2 Å². The molecule has 2 fully saturated rings. The third kappa shape index (κ3) is 3.90. The molecule has 2 aliphatic carbocycles. The fourth-order valence-electron chi connectivity index (χ4n) is 2.25. The van der Waals surface area contributed by atoms with Crippen molar-refractivity contribution < 1.29 is 9.13 Å². The summed E-state index contributed by atoms with van der Waals surface area (Å²) in [6.07, 6.45) is 6.24. The van der Waals surface area contributed by atoms with Crippen LogP contribution in [0.3, 0.4) is 0 Å². The summed E-state index contributed by atoms with van der Waals surface area (Å²) in [6, 6.07) is 2.84. The van der Waals surface area contributed by atoms with Crippen molar-refractivity contribution in [1.29, 1.82) is 0 Å². The van der Waals surface area contributed by atoms with Gasteiger partial charge >= 0.3 is 0 Å². The topological polar surface area (TPSA) is 37.4 Å². The van der Waals surface area contributed by atoms with Crippen LogP contribution in [0.15, 0.2) is 12.3 Å². The van der Waals surface area contributed by atoms with E-state index in [4.69, 9.17) is 4.74 Å². The van der Waals surface area contributed by atoms with Crippen LogP contribution < -0.4 is 10.1 Å². The number of pyridine rings is 1. The van der Waals surface area contributed by atoms with Gasteiger partial charge in [-0.3, -0.25) is 0 Å². The summed E-state index contributed by atoms with van der Waals surface area (Å²) in [5.74, 6) is 0.254. The number of aromatic nitrogens is 1. The SMILES string of the molecule is CN(CCOc1ncc(F)cc1CNC1CC1)C1CC1. The molecule has 0 bridgehead atoms. The highest BCUT2D eigenvalue weighted by Gasteiger charge is 2.25. The van der Waals surface area contributed by atoms with Crippen LogP contribution in [0.5, 0.6) is 5.88 Å². The number of halogens is 1. The summed E-state index contributed by atoms with van der Waals surface area (Å²) in [7, 11) is 2.12. The lowest BCUT2D eigenvalue weighted by Crippen LogP contribution is -2.26. The van der Waals surface area contributed by atoms with Gasteiger partial charge in [0, 0.05) is 30.7 Å². The summed E-state index contributed by atoms with van der Waals surface area (Å²) in [6.45, 7) is 2.12. The average Bonchev–Trinajstić information content (AvgIpc) is 3.29. The third-order valence-electron chi connectivity index (χ3n) is 3.90. The number of hydrogen-bond acceptors (Lipinski definition) is 4. The van der Waals surface area contributed by atoms with Gasteiger partial charge in [0.05, 0.1) is 6.20 Å². The first-order valence-electron chi connectivity index (χ1n) is 7.43. The molecule has 1 N–H and O–H groups in total. The molecule has 4 nitrogen and oxygen atoms in total. The van der Waals surface area contributed by atoms with E-state index in [1.807, 2.05) is 0 Å². The molecule has 0 unspecified atom stereocenters. The molecule has 0 atom stereocenters. The normalized spacial score (nSPS) is 18.6. The minimum absolute atomic E-state index is 0.306. The lowest BCUT2D eigenvalue weighted by atomic mass is 10.2. The minimum Gasteiger partial charge on any atom is -0.476 e. The number of nitrogens with zero attached hydrogens (tertiary/aromatic N) is 2. The van der Waals surface area contributed by atoms with E-state index in [9.17, 15) is 4.39 Å². The number of nitrogens with one attached hydrogen (secondary N) is 1. The van der Waals surface area contributed by atoms with Gasteiger partial charge in [0.15, 0.2) is 0 Å². The maximum absolute atomic E-state index is 13.3. The summed E-state index contributed by atoms with van der Waals surface area (Å²) in [5.41, 5.74) is 0.811. The van der Waals surface area contributed by atoms with Gasteiger partial charge in [-0.1, -0.05) is 0 Å². The van der Waals surface area contributed by atoms with Gasteiger partial charge in [-0.25, -0.2) is 9.37 Å².